The monoisotopic (exact) mass is 880 g/mol. The highest BCUT2D eigenvalue weighted by Gasteiger charge is 2.32. The van der Waals surface area contributed by atoms with Gasteiger partial charge in [-0.05, 0) is 129 Å². The number of rotatable bonds is 7. The molecule has 2 aliphatic carbocycles. The standard InChI is InChI=1S/C66H44N2O/c1-2-19-54-52(17-1)53-18-3-4-20-55(53)61-42-50(37-39-56(54)61)67(62-24-9-5-16-51(62)47-32-38-60-59-23-8-12-27-65(59)69-66(60)41-47)48-33-28-43(29-34-48)45-14-13-15-46(40-45)44-30-35-49(36-31-44)68-63-25-10-6-21-57(63)58-22-7-11-26-64(58)68/h1-42,53,55H. The van der Waals surface area contributed by atoms with Crippen molar-refractivity contribution < 1.29 is 4.42 Å². The summed E-state index contributed by atoms with van der Waals surface area (Å²) in [6.07, 6.45) is 9.17. The van der Waals surface area contributed by atoms with Gasteiger partial charge in [0.2, 0.25) is 0 Å². The molecule has 0 bridgehead atoms. The quantitative estimate of drug-likeness (QED) is 0.159. The van der Waals surface area contributed by atoms with Crippen LogP contribution in [0.3, 0.4) is 0 Å². The minimum absolute atomic E-state index is 0.243. The average molecular weight is 881 g/mol. The van der Waals surface area contributed by atoms with Crippen LogP contribution in [-0.2, 0) is 0 Å². The van der Waals surface area contributed by atoms with Gasteiger partial charge >= 0.3 is 0 Å². The van der Waals surface area contributed by atoms with Gasteiger partial charge in [0.15, 0.2) is 0 Å². The Morgan fingerprint density at radius 3 is 1.67 bits per heavy atom. The van der Waals surface area contributed by atoms with Crippen molar-refractivity contribution in [3.8, 4) is 50.2 Å². The molecule has 0 fully saturated rings. The Balaban J connectivity index is 0.856. The van der Waals surface area contributed by atoms with E-state index in [9.17, 15) is 0 Å². The van der Waals surface area contributed by atoms with E-state index in [-0.39, 0.29) is 5.92 Å². The smallest absolute Gasteiger partial charge is 0.136 e. The number of anilines is 3. The van der Waals surface area contributed by atoms with Gasteiger partial charge in [0.05, 0.1) is 16.7 Å². The molecular formula is C66H44N2O. The number of hydrogen-bond donors (Lipinski definition) is 0. The summed E-state index contributed by atoms with van der Waals surface area (Å²) >= 11 is 0. The summed E-state index contributed by atoms with van der Waals surface area (Å²) in [7, 11) is 0. The summed E-state index contributed by atoms with van der Waals surface area (Å²) in [4.78, 5) is 2.44. The average Bonchev–Trinajstić information content (AvgIpc) is 3.97. The van der Waals surface area contributed by atoms with Crippen molar-refractivity contribution in [1.82, 2.24) is 4.57 Å². The fourth-order valence-corrected chi connectivity index (χ4v) is 11.4. The lowest BCUT2D eigenvalue weighted by Crippen LogP contribution is -2.18. The molecule has 10 aromatic carbocycles. The van der Waals surface area contributed by atoms with Crippen molar-refractivity contribution >= 4 is 60.8 Å². The minimum atomic E-state index is 0.243. The van der Waals surface area contributed by atoms with Crippen molar-refractivity contribution in [2.24, 2.45) is 0 Å². The molecule has 3 heteroatoms. The fraction of sp³-hybridized carbons (Fsp3) is 0.0303. The number of fused-ring (bicyclic) bond motifs is 12. The Morgan fingerprint density at radius 1 is 0.348 bits per heavy atom. The van der Waals surface area contributed by atoms with Crippen LogP contribution in [0, 0.1) is 0 Å². The Morgan fingerprint density at radius 2 is 0.913 bits per heavy atom. The van der Waals surface area contributed by atoms with Gasteiger partial charge in [-0.15, -0.1) is 0 Å². The molecule has 2 aliphatic rings. The third kappa shape index (κ3) is 6.43. The van der Waals surface area contributed by atoms with E-state index >= 15 is 0 Å². The maximum atomic E-state index is 6.44. The van der Waals surface area contributed by atoms with Crippen molar-refractivity contribution in [2.75, 3.05) is 4.90 Å². The van der Waals surface area contributed by atoms with E-state index in [0.29, 0.717) is 5.92 Å². The lowest BCUT2D eigenvalue weighted by molar-refractivity contribution is 0.669. The molecule has 0 spiro atoms. The Bertz CT molecular complexity index is 3980. The zero-order valence-electron chi connectivity index (χ0n) is 37.7. The topological polar surface area (TPSA) is 21.3 Å². The van der Waals surface area contributed by atoms with E-state index < -0.39 is 0 Å². The van der Waals surface area contributed by atoms with Gasteiger partial charge in [-0.2, -0.15) is 0 Å². The zero-order valence-corrected chi connectivity index (χ0v) is 37.7. The van der Waals surface area contributed by atoms with Gasteiger partial charge in [0.1, 0.15) is 11.2 Å². The molecule has 0 amide bonds. The molecule has 0 saturated carbocycles. The first-order chi connectivity index (χ1) is 34.2. The van der Waals surface area contributed by atoms with Gasteiger partial charge in [-0.25, -0.2) is 0 Å². The first-order valence-electron chi connectivity index (χ1n) is 23.9. The molecule has 0 N–H and O–H groups in total. The molecule has 12 aromatic rings. The molecule has 2 aromatic heterocycles. The number of nitrogens with zero attached hydrogens (tertiary/aromatic N) is 2. The van der Waals surface area contributed by atoms with Crippen LogP contribution in [0.15, 0.2) is 259 Å². The SMILES string of the molecule is C1=CC2c3ccccc3-c3ccc(N(c4ccc(-c5cccc(-c6ccc(-n7c8ccccc8c8ccccc87)cc6)c5)cc4)c4ccccc4-c4ccc5c(c4)oc4ccccc45)cc3C2C=C1. The second-order valence-corrected chi connectivity index (χ2v) is 18.4. The van der Waals surface area contributed by atoms with Crippen LogP contribution in [0.5, 0.6) is 0 Å². The maximum Gasteiger partial charge on any atom is 0.136 e. The van der Waals surface area contributed by atoms with Crippen LogP contribution in [0.1, 0.15) is 23.0 Å². The van der Waals surface area contributed by atoms with E-state index in [2.05, 4.69) is 252 Å². The predicted octanol–water partition coefficient (Wildman–Crippen LogP) is 18.1. The highest BCUT2D eigenvalue weighted by molar-refractivity contribution is 6.09. The van der Waals surface area contributed by atoms with E-state index in [4.69, 9.17) is 4.42 Å². The number of allylic oxidation sites excluding steroid dienone is 4. The van der Waals surface area contributed by atoms with E-state index in [1.807, 2.05) is 12.1 Å². The predicted molar refractivity (Wildman–Crippen MR) is 288 cm³/mol. The molecular weight excluding hydrogens is 837 g/mol. The van der Waals surface area contributed by atoms with Gasteiger partial charge < -0.3 is 13.9 Å². The summed E-state index contributed by atoms with van der Waals surface area (Å²) in [5.41, 5.74) is 21.0. The Labute approximate surface area is 400 Å². The van der Waals surface area contributed by atoms with Gasteiger partial charge in [0.25, 0.3) is 0 Å². The molecule has 0 aliphatic heterocycles. The highest BCUT2D eigenvalue weighted by atomic mass is 16.3. The van der Waals surface area contributed by atoms with Crippen molar-refractivity contribution in [1.29, 1.82) is 0 Å². The molecule has 69 heavy (non-hydrogen) atoms. The summed E-state index contributed by atoms with van der Waals surface area (Å²) in [5, 5.41) is 4.79. The molecule has 2 heterocycles. The van der Waals surface area contributed by atoms with Crippen LogP contribution in [0.25, 0.3) is 93.9 Å². The number of benzene rings is 10. The summed E-state index contributed by atoms with van der Waals surface area (Å²) in [6.45, 7) is 0. The van der Waals surface area contributed by atoms with E-state index in [1.54, 1.807) is 0 Å². The van der Waals surface area contributed by atoms with Gasteiger partial charge in [-0.3, -0.25) is 0 Å². The van der Waals surface area contributed by atoms with Crippen molar-refractivity contribution in [3.05, 3.63) is 266 Å². The molecule has 324 valence electrons. The minimum Gasteiger partial charge on any atom is -0.456 e. The number of para-hydroxylation sites is 4. The molecule has 14 rings (SSSR count). The van der Waals surface area contributed by atoms with E-state index in [0.717, 1.165) is 61.4 Å². The van der Waals surface area contributed by atoms with Crippen molar-refractivity contribution in [2.45, 2.75) is 11.8 Å². The van der Waals surface area contributed by atoms with Gasteiger partial charge in [0, 0.05) is 56.0 Å². The number of hydrogen-bond acceptors (Lipinski definition) is 2. The molecule has 2 atom stereocenters. The highest BCUT2D eigenvalue weighted by Crippen LogP contribution is 2.52. The van der Waals surface area contributed by atoms with Gasteiger partial charge in [-0.1, -0.05) is 176 Å². The second-order valence-electron chi connectivity index (χ2n) is 18.4. The molecule has 0 saturated heterocycles. The normalized spacial score (nSPS) is 14.8. The van der Waals surface area contributed by atoms with E-state index in [1.165, 1.54) is 60.8 Å². The first-order valence-corrected chi connectivity index (χ1v) is 23.9. The van der Waals surface area contributed by atoms with Crippen LogP contribution >= 0.6 is 0 Å². The second kappa shape index (κ2) is 15.9. The third-order valence-electron chi connectivity index (χ3n) is 14.6. The maximum absolute atomic E-state index is 6.44. The number of furan rings is 1. The lowest BCUT2D eigenvalue weighted by atomic mass is 9.70. The number of aromatic nitrogens is 1. The fourth-order valence-electron chi connectivity index (χ4n) is 11.4. The summed E-state index contributed by atoms with van der Waals surface area (Å²) in [6, 6.07) is 84.1. The first kappa shape index (κ1) is 39.3. The van der Waals surface area contributed by atoms with Crippen LogP contribution in [0.2, 0.25) is 0 Å². The summed E-state index contributed by atoms with van der Waals surface area (Å²) < 4.78 is 8.81. The Hall–Kier alpha value is -8.92. The van der Waals surface area contributed by atoms with Crippen LogP contribution in [0.4, 0.5) is 17.1 Å². The largest absolute Gasteiger partial charge is 0.456 e. The zero-order chi connectivity index (χ0) is 45.4. The third-order valence-corrected chi connectivity index (χ3v) is 14.6. The molecule has 3 nitrogen and oxygen atoms in total. The van der Waals surface area contributed by atoms with Crippen LogP contribution < -0.4 is 4.90 Å². The lowest BCUT2D eigenvalue weighted by Gasteiger charge is -2.35. The van der Waals surface area contributed by atoms with Crippen LogP contribution in [-0.4, -0.2) is 4.57 Å². The summed E-state index contributed by atoms with van der Waals surface area (Å²) in [5.74, 6) is 0.533. The molecule has 2 unspecified atom stereocenters. The molecule has 0 radical (unpaired) electrons. The Kier molecular flexibility index (Phi) is 9.03. The van der Waals surface area contributed by atoms with Crippen molar-refractivity contribution in [3.63, 3.8) is 0 Å².